The first-order valence-corrected chi connectivity index (χ1v) is 9.50. The summed E-state index contributed by atoms with van der Waals surface area (Å²) in [6.07, 6.45) is 3.61. The van der Waals surface area contributed by atoms with Crippen molar-refractivity contribution in [2.24, 2.45) is 10.9 Å². The van der Waals surface area contributed by atoms with Crippen LogP contribution in [0.2, 0.25) is 0 Å². The number of carbonyl (C=O) groups is 1. The van der Waals surface area contributed by atoms with E-state index < -0.39 is 0 Å². The van der Waals surface area contributed by atoms with Gasteiger partial charge in [0.05, 0.1) is 0 Å². The van der Waals surface area contributed by atoms with Gasteiger partial charge in [0.25, 0.3) is 0 Å². The Balaban J connectivity index is 0.00000364. The maximum absolute atomic E-state index is 13.2. The summed E-state index contributed by atoms with van der Waals surface area (Å²) in [4.78, 5) is 18.3. The average Bonchev–Trinajstić information content (AvgIpc) is 2.64. The fourth-order valence-corrected chi connectivity index (χ4v) is 3.19. The lowest BCUT2D eigenvalue weighted by Gasteiger charge is -2.34. The van der Waals surface area contributed by atoms with Crippen molar-refractivity contribution in [2.45, 2.75) is 45.6 Å². The van der Waals surface area contributed by atoms with E-state index in [-0.39, 0.29) is 41.6 Å². The molecule has 1 saturated heterocycles. The smallest absolute Gasteiger partial charge is 0.225 e. The molecule has 1 aromatic carbocycles. The Morgan fingerprint density at radius 1 is 1.33 bits per heavy atom. The van der Waals surface area contributed by atoms with E-state index in [0.717, 1.165) is 56.8 Å². The second-order valence-corrected chi connectivity index (χ2v) is 7.13. The number of nitrogens with one attached hydrogen (secondary N) is 2. The van der Waals surface area contributed by atoms with Gasteiger partial charge >= 0.3 is 0 Å². The molecule has 0 bridgehead atoms. The van der Waals surface area contributed by atoms with Crippen molar-refractivity contribution in [1.29, 1.82) is 0 Å². The molecule has 0 saturated carbocycles. The van der Waals surface area contributed by atoms with Gasteiger partial charge in [-0.25, -0.2) is 4.39 Å². The molecule has 7 heteroatoms. The number of amides is 1. The summed E-state index contributed by atoms with van der Waals surface area (Å²) >= 11 is 0. The molecule has 2 rings (SSSR count). The number of aryl methyl sites for hydroxylation is 1. The number of guanidine groups is 1. The molecule has 0 atom stereocenters. The molecule has 152 valence electrons. The number of halogens is 2. The summed E-state index contributed by atoms with van der Waals surface area (Å²) < 4.78 is 13.2. The van der Waals surface area contributed by atoms with Crippen LogP contribution in [0, 0.1) is 11.7 Å². The molecular formula is C20H32FIN4O. The minimum absolute atomic E-state index is 0. The molecule has 1 aliphatic rings. The van der Waals surface area contributed by atoms with E-state index in [2.05, 4.69) is 15.6 Å². The highest BCUT2D eigenvalue weighted by Gasteiger charge is 2.24. The molecule has 27 heavy (non-hydrogen) atoms. The van der Waals surface area contributed by atoms with Crippen LogP contribution in [-0.2, 0) is 11.2 Å². The van der Waals surface area contributed by atoms with Gasteiger partial charge in [0.15, 0.2) is 5.96 Å². The van der Waals surface area contributed by atoms with Crippen molar-refractivity contribution in [3.63, 3.8) is 0 Å². The fraction of sp³-hybridized carbons (Fsp3) is 0.600. The Hall–Kier alpha value is -1.38. The van der Waals surface area contributed by atoms with E-state index in [1.54, 1.807) is 19.2 Å². The minimum Gasteiger partial charge on any atom is -0.356 e. The number of likely N-dealkylation sites (tertiary alicyclic amines) is 1. The summed E-state index contributed by atoms with van der Waals surface area (Å²) in [5, 5.41) is 6.76. The summed E-state index contributed by atoms with van der Waals surface area (Å²) in [6.45, 7) is 6.27. The zero-order chi connectivity index (χ0) is 18.9. The van der Waals surface area contributed by atoms with E-state index in [1.807, 2.05) is 24.8 Å². The van der Waals surface area contributed by atoms with Gasteiger partial charge in [0, 0.05) is 38.6 Å². The topological polar surface area (TPSA) is 56.7 Å². The van der Waals surface area contributed by atoms with Crippen LogP contribution >= 0.6 is 24.0 Å². The first kappa shape index (κ1) is 23.7. The van der Waals surface area contributed by atoms with Crippen LogP contribution in [0.15, 0.2) is 29.3 Å². The van der Waals surface area contributed by atoms with E-state index in [1.165, 1.54) is 6.07 Å². The van der Waals surface area contributed by atoms with Crippen LogP contribution in [0.25, 0.3) is 0 Å². The van der Waals surface area contributed by atoms with Gasteiger partial charge in [-0.1, -0.05) is 26.0 Å². The number of piperidine rings is 1. The first-order chi connectivity index (χ1) is 12.5. The Morgan fingerprint density at radius 2 is 2.04 bits per heavy atom. The highest BCUT2D eigenvalue weighted by Crippen LogP contribution is 2.13. The minimum atomic E-state index is -0.185. The van der Waals surface area contributed by atoms with Crippen molar-refractivity contribution in [3.8, 4) is 0 Å². The van der Waals surface area contributed by atoms with Gasteiger partial charge < -0.3 is 15.5 Å². The van der Waals surface area contributed by atoms with E-state index >= 15 is 0 Å². The third-order valence-electron chi connectivity index (χ3n) is 4.69. The van der Waals surface area contributed by atoms with E-state index in [0.29, 0.717) is 6.04 Å². The number of hydrogen-bond donors (Lipinski definition) is 2. The first-order valence-electron chi connectivity index (χ1n) is 9.50. The summed E-state index contributed by atoms with van der Waals surface area (Å²) in [5.41, 5.74) is 1.01. The standard InChI is InChI=1S/C20H31FN4O.HI/c1-15(2)19(26)25-12-9-18(10-13-25)24-20(22-3)23-11-5-7-16-6-4-8-17(21)14-16;/h4,6,8,14-15,18H,5,7,9-13H2,1-3H3,(H2,22,23,24);1H. The summed E-state index contributed by atoms with van der Waals surface area (Å²) in [6, 6.07) is 7.07. The van der Waals surface area contributed by atoms with Gasteiger partial charge in [-0.2, -0.15) is 0 Å². The van der Waals surface area contributed by atoms with Crippen LogP contribution < -0.4 is 10.6 Å². The molecule has 0 radical (unpaired) electrons. The molecule has 0 spiro atoms. The monoisotopic (exact) mass is 490 g/mol. The summed E-state index contributed by atoms with van der Waals surface area (Å²) in [7, 11) is 1.76. The zero-order valence-corrected chi connectivity index (χ0v) is 18.8. The van der Waals surface area contributed by atoms with Crippen molar-refractivity contribution in [2.75, 3.05) is 26.7 Å². The third-order valence-corrected chi connectivity index (χ3v) is 4.69. The number of hydrogen-bond acceptors (Lipinski definition) is 2. The normalized spacial score (nSPS) is 15.4. The molecule has 1 fully saturated rings. The molecule has 0 unspecified atom stereocenters. The number of carbonyl (C=O) groups excluding carboxylic acids is 1. The lowest BCUT2D eigenvalue weighted by atomic mass is 10.0. The Labute approximate surface area is 179 Å². The molecule has 0 aliphatic carbocycles. The van der Waals surface area contributed by atoms with Gasteiger partial charge in [-0.05, 0) is 43.4 Å². The Morgan fingerprint density at radius 3 is 2.63 bits per heavy atom. The van der Waals surface area contributed by atoms with E-state index in [9.17, 15) is 9.18 Å². The summed E-state index contributed by atoms with van der Waals surface area (Å²) in [5.74, 6) is 0.906. The van der Waals surface area contributed by atoms with Crippen LogP contribution in [0.1, 0.15) is 38.7 Å². The van der Waals surface area contributed by atoms with Crippen LogP contribution in [-0.4, -0.2) is 49.5 Å². The number of rotatable bonds is 6. The molecule has 1 aliphatic heterocycles. The van der Waals surface area contributed by atoms with Gasteiger partial charge in [0.1, 0.15) is 5.82 Å². The quantitative estimate of drug-likeness (QED) is 0.279. The van der Waals surface area contributed by atoms with Crippen molar-refractivity contribution < 1.29 is 9.18 Å². The molecule has 1 aromatic rings. The van der Waals surface area contributed by atoms with E-state index in [4.69, 9.17) is 0 Å². The number of aliphatic imine (C=N–C) groups is 1. The Kier molecular flexibility index (Phi) is 10.6. The second-order valence-electron chi connectivity index (χ2n) is 7.13. The number of benzene rings is 1. The lowest BCUT2D eigenvalue weighted by Crippen LogP contribution is -2.50. The van der Waals surface area contributed by atoms with Crippen LogP contribution in [0.4, 0.5) is 4.39 Å². The largest absolute Gasteiger partial charge is 0.356 e. The van der Waals surface area contributed by atoms with Crippen LogP contribution in [0.3, 0.4) is 0 Å². The molecular weight excluding hydrogens is 458 g/mol. The highest BCUT2D eigenvalue weighted by atomic mass is 127. The fourth-order valence-electron chi connectivity index (χ4n) is 3.19. The highest BCUT2D eigenvalue weighted by molar-refractivity contribution is 14.0. The van der Waals surface area contributed by atoms with Crippen molar-refractivity contribution in [1.82, 2.24) is 15.5 Å². The van der Waals surface area contributed by atoms with Gasteiger partial charge in [-0.15, -0.1) is 24.0 Å². The molecule has 2 N–H and O–H groups in total. The molecule has 1 heterocycles. The number of nitrogens with zero attached hydrogens (tertiary/aromatic N) is 2. The van der Waals surface area contributed by atoms with Gasteiger partial charge in [-0.3, -0.25) is 9.79 Å². The molecule has 1 amide bonds. The zero-order valence-electron chi connectivity index (χ0n) is 16.5. The average molecular weight is 490 g/mol. The van der Waals surface area contributed by atoms with Crippen LogP contribution in [0.5, 0.6) is 0 Å². The van der Waals surface area contributed by atoms with Gasteiger partial charge in [0.2, 0.25) is 5.91 Å². The maximum atomic E-state index is 13.2. The third kappa shape index (κ3) is 8.02. The Bertz CT molecular complexity index is 616. The predicted molar refractivity (Wildman–Crippen MR) is 119 cm³/mol. The van der Waals surface area contributed by atoms with Crippen molar-refractivity contribution >= 4 is 35.8 Å². The molecule has 5 nitrogen and oxygen atoms in total. The lowest BCUT2D eigenvalue weighted by molar-refractivity contribution is -0.135. The predicted octanol–water partition coefficient (Wildman–Crippen LogP) is 3.19. The maximum Gasteiger partial charge on any atom is 0.225 e. The SMILES string of the molecule is CN=C(NCCCc1cccc(F)c1)NC1CCN(C(=O)C(C)C)CC1.I. The van der Waals surface area contributed by atoms with Crippen molar-refractivity contribution in [3.05, 3.63) is 35.6 Å². The second kappa shape index (κ2) is 12.2. The molecule has 0 aromatic heterocycles.